The van der Waals surface area contributed by atoms with Gasteiger partial charge in [-0.25, -0.2) is 15.0 Å². The van der Waals surface area contributed by atoms with Crippen molar-refractivity contribution >= 4 is 22.9 Å². The molecule has 1 amide bonds. The second kappa shape index (κ2) is 13.8. The molecular weight excluding hydrogens is 546 g/mol. The summed E-state index contributed by atoms with van der Waals surface area (Å²) < 4.78 is 19.3. The number of aromatic nitrogens is 4. The quantitative estimate of drug-likeness (QED) is 0.199. The first-order valence-corrected chi connectivity index (χ1v) is 15.1. The Morgan fingerprint density at radius 3 is 2.84 bits per heavy atom. The first-order valence-electron chi connectivity index (χ1n) is 15.1. The minimum Gasteiger partial charge on any atom is -0.454 e. The SMILES string of the molecule is Nc1ncnc2c1ncn2[C@H]1CC[C@@H](C[C@H](CCCC(=O)NCCc2ccc3c(c2)OCO3)CNCc2ccccc2)O1. The van der Waals surface area contributed by atoms with Crippen LogP contribution in [0.2, 0.25) is 0 Å². The number of amides is 1. The van der Waals surface area contributed by atoms with E-state index >= 15 is 0 Å². The number of hydrogen-bond donors (Lipinski definition) is 3. The molecule has 0 spiro atoms. The summed E-state index contributed by atoms with van der Waals surface area (Å²) in [6.45, 7) is 2.53. The van der Waals surface area contributed by atoms with Gasteiger partial charge in [0.05, 0.1) is 12.4 Å². The number of nitrogens with two attached hydrogens (primary N) is 1. The van der Waals surface area contributed by atoms with Crippen LogP contribution in [0, 0.1) is 5.92 Å². The number of carbonyl (C=O) groups is 1. The Hall–Kier alpha value is -4.22. The van der Waals surface area contributed by atoms with Crippen molar-refractivity contribution in [2.75, 3.05) is 25.6 Å². The molecule has 43 heavy (non-hydrogen) atoms. The summed E-state index contributed by atoms with van der Waals surface area (Å²) in [6.07, 6.45) is 9.00. The van der Waals surface area contributed by atoms with Crippen molar-refractivity contribution in [1.29, 1.82) is 0 Å². The van der Waals surface area contributed by atoms with E-state index in [1.54, 1.807) is 6.33 Å². The Morgan fingerprint density at radius 1 is 1.05 bits per heavy atom. The van der Waals surface area contributed by atoms with Crippen LogP contribution < -0.4 is 25.8 Å². The highest BCUT2D eigenvalue weighted by atomic mass is 16.7. The molecule has 4 N–H and O–H groups in total. The topological polar surface area (TPSA) is 138 Å². The Kier molecular flexibility index (Phi) is 9.29. The van der Waals surface area contributed by atoms with Gasteiger partial charge in [0.15, 0.2) is 23.0 Å². The van der Waals surface area contributed by atoms with Gasteiger partial charge in [0.25, 0.3) is 0 Å². The number of fused-ring (bicyclic) bond motifs is 2. The fourth-order valence-electron chi connectivity index (χ4n) is 5.92. The van der Waals surface area contributed by atoms with Gasteiger partial charge in [-0.1, -0.05) is 36.4 Å². The van der Waals surface area contributed by atoms with Crippen LogP contribution in [0.4, 0.5) is 5.82 Å². The van der Waals surface area contributed by atoms with Gasteiger partial charge < -0.3 is 30.6 Å². The standard InChI is InChI=1S/C32H39N7O4/c33-31-30-32(37-19-36-31)39(20-38-30)29-12-10-25(43-29)15-24(18-34-17-23-5-2-1-3-6-23)7-4-8-28(40)35-14-13-22-9-11-26-27(16-22)42-21-41-26/h1-3,5-6,9,11,16,19-20,24-25,29,34H,4,7-8,10,12-15,17-18,21H2,(H,35,40)(H2,33,36,37)/t24-,25-,29+/m0/s1. The van der Waals surface area contributed by atoms with E-state index in [9.17, 15) is 4.79 Å². The summed E-state index contributed by atoms with van der Waals surface area (Å²) in [5.41, 5.74) is 9.65. The number of anilines is 1. The van der Waals surface area contributed by atoms with Crippen molar-refractivity contribution in [3.05, 3.63) is 72.3 Å². The average Bonchev–Trinajstić information content (AvgIpc) is 3.78. The maximum atomic E-state index is 12.6. The van der Waals surface area contributed by atoms with Crippen molar-refractivity contribution in [2.45, 2.75) is 63.8 Å². The molecule has 1 saturated heterocycles. The first-order chi connectivity index (χ1) is 21.1. The molecule has 11 nitrogen and oxygen atoms in total. The lowest BCUT2D eigenvalue weighted by Gasteiger charge is -2.22. The monoisotopic (exact) mass is 585 g/mol. The fraction of sp³-hybridized carbons (Fsp3) is 0.438. The molecule has 6 rings (SSSR count). The van der Waals surface area contributed by atoms with Gasteiger partial charge in [0.1, 0.15) is 18.1 Å². The zero-order valence-corrected chi connectivity index (χ0v) is 24.3. The van der Waals surface area contributed by atoms with E-state index in [1.807, 2.05) is 28.8 Å². The van der Waals surface area contributed by atoms with Gasteiger partial charge in [-0.3, -0.25) is 9.36 Å². The maximum absolute atomic E-state index is 12.6. The van der Waals surface area contributed by atoms with E-state index in [4.69, 9.17) is 19.9 Å². The highest BCUT2D eigenvalue weighted by Gasteiger charge is 2.30. The van der Waals surface area contributed by atoms with Crippen LogP contribution in [-0.4, -0.2) is 51.4 Å². The minimum absolute atomic E-state index is 0.0853. The number of nitrogens with zero attached hydrogens (tertiary/aromatic N) is 4. The molecule has 4 aromatic rings. The van der Waals surface area contributed by atoms with Crippen molar-refractivity contribution in [3.63, 3.8) is 0 Å². The zero-order chi connectivity index (χ0) is 29.4. The smallest absolute Gasteiger partial charge is 0.231 e. The molecular formula is C32H39N7O4. The number of nitrogens with one attached hydrogen (secondary N) is 2. The van der Waals surface area contributed by atoms with Crippen LogP contribution in [0.15, 0.2) is 61.2 Å². The summed E-state index contributed by atoms with van der Waals surface area (Å²) in [5, 5.41) is 6.70. The Labute approximate surface area is 251 Å². The van der Waals surface area contributed by atoms with E-state index in [1.165, 1.54) is 11.9 Å². The third kappa shape index (κ3) is 7.41. The molecule has 0 radical (unpaired) electrons. The van der Waals surface area contributed by atoms with Crippen LogP contribution in [0.25, 0.3) is 11.2 Å². The lowest BCUT2D eigenvalue weighted by Crippen LogP contribution is -2.28. The number of rotatable bonds is 14. The number of ether oxygens (including phenoxy) is 3. The second-order valence-corrected chi connectivity index (χ2v) is 11.3. The fourth-order valence-corrected chi connectivity index (χ4v) is 5.92. The summed E-state index contributed by atoms with van der Waals surface area (Å²) in [6, 6.07) is 16.3. The Morgan fingerprint density at radius 2 is 1.93 bits per heavy atom. The molecule has 1 fully saturated rings. The number of hydrogen-bond acceptors (Lipinski definition) is 9. The van der Waals surface area contributed by atoms with Crippen molar-refractivity contribution in [3.8, 4) is 11.5 Å². The molecule has 0 aliphatic carbocycles. The Balaban J connectivity index is 0.983. The molecule has 226 valence electrons. The first kappa shape index (κ1) is 28.9. The molecule has 3 atom stereocenters. The molecule has 2 aliphatic heterocycles. The van der Waals surface area contributed by atoms with Crippen LogP contribution >= 0.6 is 0 Å². The third-order valence-electron chi connectivity index (χ3n) is 8.17. The van der Waals surface area contributed by atoms with Crippen LogP contribution in [0.1, 0.15) is 55.9 Å². The lowest BCUT2D eigenvalue weighted by molar-refractivity contribution is -0.121. The van der Waals surface area contributed by atoms with Crippen LogP contribution in [-0.2, 0) is 22.5 Å². The molecule has 2 aromatic heterocycles. The number of benzene rings is 2. The molecule has 0 saturated carbocycles. The highest BCUT2D eigenvalue weighted by Crippen LogP contribution is 2.35. The predicted molar refractivity (Wildman–Crippen MR) is 162 cm³/mol. The van der Waals surface area contributed by atoms with E-state index < -0.39 is 0 Å². The van der Waals surface area contributed by atoms with Gasteiger partial charge in [-0.05, 0) is 74.2 Å². The van der Waals surface area contributed by atoms with Gasteiger partial charge in [-0.15, -0.1) is 0 Å². The number of imidazole rings is 1. The third-order valence-corrected chi connectivity index (χ3v) is 8.17. The predicted octanol–water partition coefficient (Wildman–Crippen LogP) is 4.14. The van der Waals surface area contributed by atoms with Crippen LogP contribution in [0.3, 0.4) is 0 Å². The van der Waals surface area contributed by atoms with E-state index in [0.717, 1.165) is 68.7 Å². The second-order valence-electron chi connectivity index (χ2n) is 11.3. The van der Waals surface area contributed by atoms with Gasteiger partial charge >= 0.3 is 0 Å². The molecule has 11 heteroatoms. The van der Waals surface area contributed by atoms with Crippen molar-refractivity contribution in [1.82, 2.24) is 30.2 Å². The molecule has 2 aromatic carbocycles. The number of carbonyl (C=O) groups excluding carboxylic acids is 1. The van der Waals surface area contributed by atoms with Gasteiger partial charge in [0, 0.05) is 19.5 Å². The lowest BCUT2D eigenvalue weighted by atomic mass is 9.94. The summed E-state index contributed by atoms with van der Waals surface area (Å²) in [4.78, 5) is 25.5. The van der Waals surface area contributed by atoms with Crippen LogP contribution in [0.5, 0.6) is 11.5 Å². The average molecular weight is 586 g/mol. The normalized spacial score (nSPS) is 18.2. The van der Waals surface area contributed by atoms with Crippen molar-refractivity contribution in [2.24, 2.45) is 5.92 Å². The maximum Gasteiger partial charge on any atom is 0.231 e. The molecule has 4 heterocycles. The van der Waals surface area contributed by atoms with Crippen molar-refractivity contribution < 1.29 is 19.0 Å². The highest BCUT2D eigenvalue weighted by molar-refractivity contribution is 5.81. The summed E-state index contributed by atoms with van der Waals surface area (Å²) >= 11 is 0. The minimum atomic E-state index is -0.127. The van der Waals surface area contributed by atoms with E-state index in [0.29, 0.717) is 35.9 Å². The summed E-state index contributed by atoms with van der Waals surface area (Å²) in [5.74, 6) is 2.38. The van der Waals surface area contributed by atoms with E-state index in [-0.39, 0.29) is 25.0 Å². The van der Waals surface area contributed by atoms with Gasteiger partial charge in [0.2, 0.25) is 12.7 Å². The Bertz CT molecular complexity index is 1510. The zero-order valence-electron chi connectivity index (χ0n) is 24.3. The molecule has 2 aliphatic rings. The van der Waals surface area contributed by atoms with E-state index in [2.05, 4.69) is 49.9 Å². The summed E-state index contributed by atoms with van der Waals surface area (Å²) in [7, 11) is 0. The molecule has 0 unspecified atom stereocenters. The number of nitrogen functional groups attached to an aromatic ring is 1. The molecule has 0 bridgehead atoms. The van der Waals surface area contributed by atoms with Gasteiger partial charge in [-0.2, -0.15) is 0 Å². The largest absolute Gasteiger partial charge is 0.454 e.